The van der Waals surface area contributed by atoms with Crippen molar-refractivity contribution in [3.63, 3.8) is 0 Å². The fraction of sp³-hybridized carbons (Fsp3) is 0.583. The number of hydrogen-bond donors (Lipinski definition) is 3. The molecule has 1 aromatic heterocycles. The smallest absolute Gasteiger partial charge is 0.0547 e. The second-order valence-electron chi connectivity index (χ2n) is 4.06. The fourth-order valence-corrected chi connectivity index (χ4v) is 1.26. The molecule has 4 heteroatoms. The molecule has 0 amide bonds. The molecule has 1 atom stereocenters. The number of rotatable bonds is 7. The summed E-state index contributed by atoms with van der Waals surface area (Å²) in [6.45, 7) is 6.05. The van der Waals surface area contributed by atoms with Crippen molar-refractivity contribution in [2.45, 2.75) is 20.3 Å². The van der Waals surface area contributed by atoms with Crippen LogP contribution in [-0.2, 0) is 0 Å². The van der Waals surface area contributed by atoms with Crippen LogP contribution in [0.1, 0.15) is 20.3 Å². The maximum Gasteiger partial charge on any atom is 0.0547 e. The van der Waals surface area contributed by atoms with E-state index in [9.17, 15) is 0 Å². The highest BCUT2D eigenvalue weighted by atomic mass is 16.3. The molecule has 1 rings (SSSR count). The SMILES string of the molecule is CCCNc1cncc(NCC(C)CO)c1. The maximum atomic E-state index is 8.92. The first-order chi connectivity index (χ1) is 7.76. The summed E-state index contributed by atoms with van der Waals surface area (Å²) in [7, 11) is 0. The molecule has 0 radical (unpaired) electrons. The molecular formula is C12H21N3O. The summed E-state index contributed by atoms with van der Waals surface area (Å²) in [5, 5.41) is 15.4. The van der Waals surface area contributed by atoms with Crippen LogP contribution in [0.2, 0.25) is 0 Å². The fourth-order valence-electron chi connectivity index (χ4n) is 1.26. The van der Waals surface area contributed by atoms with Gasteiger partial charge in [-0.05, 0) is 18.4 Å². The van der Waals surface area contributed by atoms with Crippen molar-refractivity contribution in [2.75, 3.05) is 30.3 Å². The normalized spacial score (nSPS) is 12.2. The molecule has 0 aromatic carbocycles. The minimum absolute atomic E-state index is 0.203. The van der Waals surface area contributed by atoms with Crippen LogP contribution in [0.25, 0.3) is 0 Å². The minimum atomic E-state index is 0.203. The lowest BCUT2D eigenvalue weighted by atomic mass is 10.2. The Balaban J connectivity index is 2.46. The molecule has 90 valence electrons. The molecule has 3 N–H and O–H groups in total. The predicted molar refractivity (Wildman–Crippen MR) is 67.8 cm³/mol. The zero-order valence-corrected chi connectivity index (χ0v) is 10.0. The minimum Gasteiger partial charge on any atom is -0.396 e. The molecule has 0 bridgehead atoms. The van der Waals surface area contributed by atoms with Gasteiger partial charge in [-0.15, -0.1) is 0 Å². The number of aliphatic hydroxyl groups is 1. The van der Waals surface area contributed by atoms with Crippen molar-refractivity contribution in [3.8, 4) is 0 Å². The van der Waals surface area contributed by atoms with Crippen LogP contribution in [0.4, 0.5) is 11.4 Å². The third-order valence-corrected chi connectivity index (χ3v) is 2.28. The predicted octanol–water partition coefficient (Wildman–Crippen LogP) is 1.94. The Morgan fingerprint density at radius 1 is 1.31 bits per heavy atom. The average Bonchev–Trinajstić information content (AvgIpc) is 2.34. The van der Waals surface area contributed by atoms with E-state index < -0.39 is 0 Å². The molecule has 1 unspecified atom stereocenters. The van der Waals surface area contributed by atoms with Crippen LogP contribution in [0.15, 0.2) is 18.5 Å². The van der Waals surface area contributed by atoms with Crippen molar-refractivity contribution in [1.82, 2.24) is 4.98 Å². The maximum absolute atomic E-state index is 8.92. The number of pyridine rings is 1. The van der Waals surface area contributed by atoms with Gasteiger partial charge >= 0.3 is 0 Å². The van der Waals surface area contributed by atoms with Crippen LogP contribution < -0.4 is 10.6 Å². The monoisotopic (exact) mass is 223 g/mol. The van der Waals surface area contributed by atoms with Crippen LogP contribution in [-0.4, -0.2) is 29.8 Å². The molecule has 16 heavy (non-hydrogen) atoms. The van der Waals surface area contributed by atoms with Gasteiger partial charge in [0.05, 0.1) is 23.8 Å². The first kappa shape index (κ1) is 12.8. The summed E-state index contributed by atoms with van der Waals surface area (Å²) in [5.41, 5.74) is 2.02. The third kappa shape index (κ3) is 4.49. The average molecular weight is 223 g/mol. The molecule has 0 spiro atoms. The Bertz CT molecular complexity index is 304. The van der Waals surface area contributed by atoms with Crippen LogP contribution in [0.3, 0.4) is 0 Å². The number of anilines is 2. The molecule has 0 saturated carbocycles. The molecular weight excluding hydrogens is 202 g/mol. The number of nitrogens with zero attached hydrogens (tertiary/aromatic N) is 1. The highest BCUT2D eigenvalue weighted by molar-refractivity contribution is 5.53. The molecule has 1 heterocycles. The van der Waals surface area contributed by atoms with Gasteiger partial charge in [0, 0.05) is 19.7 Å². The molecule has 0 aliphatic carbocycles. The first-order valence-electron chi connectivity index (χ1n) is 5.80. The van der Waals surface area contributed by atoms with Crippen LogP contribution >= 0.6 is 0 Å². The van der Waals surface area contributed by atoms with E-state index in [1.165, 1.54) is 0 Å². The highest BCUT2D eigenvalue weighted by Crippen LogP contribution is 2.13. The molecule has 0 aliphatic rings. The van der Waals surface area contributed by atoms with E-state index in [-0.39, 0.29) is 12.5 Å². The van der Waals surface area contributed by atoms with Crippen LogP contribution in [0, 0.1) is 5.92 Å². The Morgan fingerprint density at radius 3 is 2.62 bits per heavy atom. The largest absolute Gasteiger partial charge is 0.396 e. The van der Waals surface area contributed by atoms with Crippen molar-refractivity contribution in [1.29, 1.82) is 0 Å². The third-order valence-electron chi connectivity index (χ3n) is 2.28. The quantitative estimate of drug-likeness (QED) is 0.661. The van der Waals surface area contributed by atoms with Crippen molar-refractivity contribution >= 4 is 11.4 Å². The van der Waals surface area contributed by atoms with Crippen molar-refractivity contribution in [3.05, 3.63) is 18.5 Å². The summed E-state index contributed by atoms with van der Waals surface area (Å²) in [4.78, 5) is 4.15. The Kier molecular flexibility index (Phi) is 5.64. The summed E-state index contributed by atoms with van der Waals surface area (Å²) < 4.78 is 0. The van der Waals surface area contributed by atoms with Gasteiger partial charge in [0.1, 0.15) is 0 Å². The van der Waals surface area contributed by atoms with E-state index in [0.717, 1.165) is 30.9 Å². The van der Waals surface area contributed by atoms with E-state index in [0.29, 0.717) is 0 Å². The summed E-state index contributed by atoms with van der Waals surface area (Å²) in [6, 6.07) is 2.03. The van der Waals surface area contributed by atoms with Gasteiger partial charge in [-0.25, -0.2) is 0 Å². The van der Waals surface area contributed by atoms with Crippen LogP contribution in [0.5, 0.6) is 0 Å². The topological polar surface area (TPSA) is 57.2 Å². The van der Waals surface area contributed by atoms with Gasteiger partial charge in [-0.3, -0.25) is 4.98 Å². The van der Waals surface area contributed by atoms with Crippen molar-refractivity contribution < 1.29 is 5.11 Å². The van der Waals surface area contributed by atoms with E-state index in [1.807, 2.05) is 19.2 Å². The van der Waals surface area contributed by atoms with Crippen molar-refractivity contribution in [2.24, 2.45) is 5.92 Å². The van der Waals surface area contributed by atoms with Gasteiger partial charge in [0.25, 0.3) is 0 Å². The molecule has 1 aromatic rings. The van der Waals surface area contributed by atoms with E-state index in [4.69, 9.17) is 5.11 Å². The zero-order valence-electron chi connectivity index (χ0n) is 10.0. The molecule has 0 saturated heterocycles. The summed E-state index contributed by atoms with van der Waals surface area (Å²) in [5.74, 6) is 0.257. The van der Waals surface area contributed by atoms with Gasteiger partial charge in [-0.1, -0.05) is 13.8 Å². The second-order valence-corrected chi connectivity index (χ2v) is 4.06. The second kappa shape index (κ2) is 7.06. The standard InChI is InChI=1S/C12H21N3O/c1-3-4-14-11-5-12(8-13-7-11)15-6-10(2)9-16/h5,7-8,10,14-16H,3-4,6,9H2,1-2H3. The molecule has 0 aliphatic heterocycles. The Morgan fingerprint density at radius 2 is 2.00 bits per heavy atom. The summed E-state index contributed by atoms with van der Waals surface area (Å²) >= 11 is 0. The molecule has 4 nitrogen and oxygen atoms in total. The number of aliphatic hydroxyl groups excluding tert-OH is 1. The van der Waals surface area contributed by atoms with Gasteiger partial charge in [0.2, 0.25) is 0 Å². The lowest BCUT2D eigenvalue weighted by Gasteiger charge is -2.12. The van der Waals surface area contributed by atoms with Gasteiger partial charge in [-0.2, -0.15) is 0 Å². The van der Waals surface area contributed by atoms with E-state index in [1.54, 1.807) is 6.20 Å². The number of hydrogen-bond acceptors (Lipinski definition) is 4. The first-order valence-corrected chi connectivity index (χ1v) is 5.80. The number of aromatic nitrogens is 1. The highest BCUT2D eigenvalue weighted by Gasteiger charge is 2.00. The lowest BCUT2D eigenvalue weighted by Crippen LogP contribution is -2.14. The van der Waals surface area contributed by atoms with E-state index in [2.05, 4.69) is 22.5 Å². The summed E-state index contributed by atoms with van der Waals surface area (Å²) in [6.07, 6.45) is 4.71. The molecule has 0 fully saturated rings. The van der Waals surface area contributed by atoms with E-state index >= 15 is 0 Å². The number of nitrogens with one attached hydrogen (secondary N) is 2. The lowest BCUT2D eigenvalue weighted by molar-refractivity contribution is 0.244. The zero-order chi connectivity index (χ0) is 11.8. The Labute approximate surface area is 97.1 Å². The Hall–Kier alpha value is -1.29. The van der Waals surface area contributed by atoms with Gasteiger partial charge in [0.15, 0.2) is 0 Å². The van der Waals surface area contributed by atoms with Gasteiger partial charge < -0.3 is 15.7 Å².